The number of hydrogen-bond donors (Lipinski definition) is 1. The van der Waals surface area contributed by atoms with E-state index in [4.69, 9.17) is 4.74 Å². The highest BCUT2D eigenvalue weighted by Gasteiger charge is 2.14. The van der Waals surface area contributed by atoms with Crippen LogP contribution >= 0.6 is 0 Å². The number of carbonyl (C=O) groups is 1. The van der Waals surface area contributed by atoms with Crippen LogP contribution in [0.2, 0.25) is 0 Å². The largest absolute Gasteiger partial charge is 0.494 e. The minimum atomic E-state index is -1.12. The van der Waals surface area contributed by atoms with Gasteiger partial charge in [0.15, 0.2) is 0 Å². The first-order chi connectivity index (χ1) is 15.0. The Kier molecular flexibility index (Phi) is 5.94. The summed E-state index contributed by atoms with van der Waals surface area (Å²) in [5.41, 5.74) is 3.84. The Hall–Kier alpha value is -3.73. The van der Waals surface area contributed by atoms with Crippen molar-refractivity contribution >= 4 is 16.9 Å². The Morgan fingerprint density at radius 3 is 2.48 bits per heavy atom. The molecule has 4 nitrogen and oxygen atoms in total. The molecule has 31 heavy (non-hydrogen) atoms. The number of benzene rings is 3. The first-order valence-electron chi connectivity index (χ1n) is 10.2. The second kappa shape index (κ2) is 8.96. The summed E-state index contributed by atoms with van der Waals surface area (Å²) >= 11 is 0. The molecule has 0 amide bonds. The summed E-state index contributed by atoms with van der Waals surface area (Å²) in [6.45, 7) is 2.83. The fourth-order valence-electron chi connectivity index (χ4n) is 3.46. The van der Waals surface area contributed by atoms with E-state index in [2.05, 4.69) is 11.9 Å². The Morgan fingerprint density at radius 1 is 0.968 bits per heavy atom. The van der Waals surface area contributed by atoms with Gasteiger partial charge in [-0.2, -0.15) is 0 Å². The lowest BCUT2D eigenvalue weighted by Gasteiger charge is -2.10. The molecule has 0 saturated carbocycles. The molecule has 0 fully saturated rings. The van der Waals surface area contributed by atoms with E-state index in [9.17, 15) is 14.3 Å². The highest BCUT2D eigenvalue weighted by molar-refractivity contribution is 6.03. The summed E-state index contributed by atoms with van der Waals surface area (Å²) in [6, 6.07) is 21.2. The van der Waals surface area contributed by atoms with Crippen LogP contribution in [0.25, 0.3) is 33.3 Å². The maximum Gasteiger partial charge on any atom is 0.336 e. The van der Waals surface area contributed by atoms with Gasteiger partial charge in [-0.15, -0.1) is 0 Å². The maximum absolute atomic E-state index is 13.6. The Morgan fingerprint density at radius 2 is 1.74 bits per heavy atom. The molecule has 1 aromatic heterocycles. The van der Waals surface area contributed by atoms with Crippen molar-refractivity contribution < 1.29 is 19.0 Å². The van der Waals surface area contributed by atoms with Crippen molar-refractivity contribution in [2.45, 2.75) is 19.8 Å². The van der Waals surface area contributed by atoms with Gasteiger partial charge in [-0.3, -0.25) is 0 Å². The number of carboxylic acids is 1. The van der Waals surface area contributed by atoms with Crippen molar-refractivity contribution in [1.82, 2.24) is 4.98 Å². The van der Waals surface area contributed by atoms with Gasteiger partial charge in [-0.05, 0) is 53.9 Å². The van der Waals surface area contributed by atoms with Gasteiger partial charge in [-0.25, -0.2) is 14.2 Å². The second-order valence-corrected chi connectivity index (χ2v) is 7.33. The predicted molar refractivity (Wildman–Crippen MR) is 120 cm³/mol. The molecule has 0 unspecified atom stereocenters. The lowest BCUT2D eigenvalue weighted by Crippen LogP contribution is -2.00. The van der Waals surface area contributed by atoms with Crippen molar-refractivity contribution in [3.05, 3.63) is 84.2 Å². The molecule has 0 aliphatic carbocycles. The molecule has 1 heterocycles. The third-order valence-corrected chi connectivity index (χ3v) is 5.12. The van der Waals surface area contributed by atoms with Gasteiger partial charge >= 0.3 is 5.97 Å². The van der Waals surface area contributed by atoms with E-state index < -0.39 is 11.8 Å². The number of fused-ring (bicyclic) bond motifs is 1. The molecule has 0 spiro atoms. The van der Waals surface area contributed by atoms with Crippen LogP contribution in [0, 0.1) is 5.82 Å². The monoisotopic (exact) mass is 415 g/mol. The molecule has 0 radical (unpaired) electrons. The predicted octanol–water partition coefficient (Wildman–Crippen LogP) is 6.59. The van der Waals surface area contributed by atoms with Gasteiger partial charge in [0, 0.05) is 10.9 Å². The molecule has 3 aromatic carbocycles. The number of unbranched alkanes of at least 4 members (excludes halogenated alkanes) is 1. The number of nitrogens with zero attached hydrogens (tertiary/aromatic N) is 1. The summed E-state index contributed by atoms with van der Waals surface area (Å²) in [5.74, 6) is -0.768. The molecule has 5 heteroatoms. The van der Waals surface area contributed by atoms with Crippen molar-refractivity contribution in [3.8, 4) is 28.1 Å². The van der Waals surface area contributed by atoms with Crippen LogP contribution in [-0.2, 0) is 0 Å². The van der Waals surface area contributed by atoms with Crippen LogP contribution in [0.5, 0.6) is 5.75 Å². The van der Waals surface area contributed by atoms with E-state index in [0.717, 1.165) is 35.3 Å². The topological polar surface area (TPSA) is 59.4 Å². The van der Waals surface area contributed by atoms with Gasteiger partial charge in [0.2, 0.25) is 0 Å². The van der Waals surface area contributed by atoms with E-state index >= 15 is 0 Å². The molecule has 4 aromatic rings. The third-order valence-electron chi connectivity index (χ3n) is 5.12. The highest BCUT2D eigenvalue weighted by Crippen LogP contribution is 2.29. The van der Waals surface area contributed by atoms with E-state index in [-0.39, 0.29) is 10.9 Å². The molecule has 0 aliphatic heterocycles. The van der Waals surface area contributed by atoms with Crippen LogP contribution in [0.4, 0.5) is 4.39 Å². The van der Waals surface area contributed by atoms with E-state index in [1.165, 1.54) is 24.3 Å². The Balaban J connectivity index is 1.66. The molecule has 156 valence electrons. The third kappa shape index (κ3) is 4.56. The fraction of sp³-hybridized carbons (Fsp3) is 0.154. The van der Waals surface area contributed by atoms with Crippen LogP contribution in [0.3, 0.4) is 0 Å². The first kappa shape index (κ1) is 20.5. The molecule has 1 N–H and O–H groups in total. The van der Waals surface area contributed by atoms with E-state index in [1.54, 1.807) is 0 Å². The van der Waals surface area contributed by atoms with Crippen molar-refractivity contribution in [3.63, 3.8) is 0 Å². The lowest BCUT2D eigenvalue weighted by molar-refractivity contribution is 0.0699. The lowest BCUT2D eigenvalue weighted by atomic mass is 10.0. The smallest absolute Gasteiger partial charge is 0.336 e. The Bertz CT molecular complexity index is 1240. The number of pyridine rings is 1. The summed E-state index contributed by atoms with van der Waals surface area (Å²) in [5, 5.41) is 9.86. The Labute approximate surface area is 180 Å². The number of halogens is 1. The number of hydrogen-bond acceptors (Lipinski definition) is 3. The molecule has 0 saturated heterocycles. The van der Waals surface area contributed by atoms with E-state index in [1.807, 2.05) is 48.5 Å². The van der Waals surface area contributed by atoms with Gasteiger partial charge < -0.3 is 9.84 Å². The number of aromatic carboxylic acids is 1. The standard InChI is InChI=1S/C26H22FNO3/c1-2-3-13-31-21-6-4-5-19(14-21)17-7-9-18(10-8-17)25-16-23(26(29)30)22-15-20(27)11-12-24(22)28-25/h4-12,14-16H,2-3,13H2,1H3,(H,29,30). The van der Waals surface area contributed by atoms with Crippen molar-refractivity contribution in [2.24, 2.45) is 0 Å². The summed E-state index contributed by atoms with van der Waals surface area (Å²) in [4.78, 5) is 16.3. The van der Waals surface area contributed by atoms with Crippen LogP contribution in [-0.4, -0.2) is 22.7 Å². The van der Waals surface area contributed by atoms with Crippen LogP contribution < -0.4 is 4.74 Å². The first-order valence-corrected chi connectivity index (χ1v) is 10.2. The average Bonchev–Trinajstić information content (AvgIpc) is 2.79. The number of carboxylic acid groups (broad SMARTS) is 1. The van der Waals surface area contributed by atoms with Crippen molar-refractivity contribution in [1.29, 1.82) is 0 Å². The van der Waals surface area contributed by atoms with Gasteiger partial charge in [0.05, 0.1) is 23.4 Å². The quantitative estimate of drug-likeness (QED) is 0.346. The zero-order valence-electron chi connectivity index (χ0n) is 17.1. The van der Waals surface area contributed by atoms with Crippen molar-refractivity contribution in [2.75, 3.05) is 6.61 Å². The SMILES string of the molecule is CCCCOc1cccc(-c2ccc(-c3cc(C(=O)O)c4cc(F)ccc4n3)cc2)c1. The van der Waals surface area contributed by atoms with Gasteiger partial charge in [0.25, 0.3) is 0 Å². The van der Waals surface area contributed by atoms with Crippen LogP contribution in [0.1, 0.15) is 30.1 Å². The number of ether oxygens (including phenoxy) is 1. The minimum absolute atomic E-state index is 0.0282. The highest BCUT2D eigenvalue weighted by atomic mass is 19.1. The van der Waals surface area contributed by atoms with E-state index in [0.29, 0.717) is 17.8 Å². The molecular formula is C26H22FNO3. The average molecular weight is 415 g/mol. The minimum Gasteiger partial charge on any atom is -0.494 e. The zero-order valence-corrected chi connectivity index (χ0v) is 17.1. The second-order valence-electron chi connectivity index (χ2n) is 7.33. The summed E-state index contributed by atoms with van der Waals surface area (Å²) < 4.78 is 19.4. The summed E-state index contributed by atoms with van der Waals surface area (Å²) in [6.07, 6.45) is 2.10. The molecule has 0 aliphatic rings. The normalized spacial score (nSPS) is 10.9. The maximum atomic E-state index is 13.6. The summed E-state index contributed by atoms with van der Waals surface area (Å²) in [7, 11) is 0. The number of rotatable bonds is 7. The molecule has 0 bridgehead atoms. The van der Waals surface area contributed by atoms with Gasteiger partial charge in [-0.1, -0.05) is 49.7 Å². The fourth-order valence-corrected chi connectivity index (χ4v) is 3.46. The zero-order chi connectivity index (χ0) is 21.8. The molecule has 4 rings (SSSR count). The van der Waals surface area contributed by atoms with Crippen LogP contribution in [0.15, 0.2) is 72.8 Å². The number of aromatic nitrogens is 1. The van der Waals surface area contributed by atoms with Gasteiger partial charge in [0.1, 0.15) is 11.6 Å². The molecule has 0 atom stereocenters. The molecular weight excluding hydrogens is 393 g/mol.